The van der Waals surface area contributed by atoms with Crippen LogP contribution in [0.15, 0.2) is 84.9 Å². The summed E-state index contributed by atoms with van der Waals surface area (Å²) in [4.78, 5) is 15.8. The molecule has 0 atom stereocenters. The first kappa shape index (κ1) is 23.7. The van der Waals surface area contributed by atoms with Gasteiger partial charge in [0.1, 0.15) is 11.5 Å². The van der Waals surface area contributed by atoms with E-state index in [9.17, 15) is 13.6 Å². The van der Waals surface area contributed by atoms with Crippen molar-refractivity contribution in [2.45, 2.75) is 0 Å². The molecule has 0 aromatic heterocycles. The monoisotopic (exact) mass is 482 g/mol. The van der Waals surface area contributed by atoms with Gasteiger partial charge in [-0.15, -0.1) is 0 Å². The number of carbonyl (C=O) groups is 1. The lowest BCUT2D eigenvalue weighted by atomic mass is 10.2. The molecule has 4 aromatic rings. The summed E-state index contributed by atoms with van der Waals surface area (Å²) in [7, 11) is 0. The van der Waals surface area contributed by atoms with E-state index in [-0.39, 0.29) is 22.9 Å². The summed E-state index contributed by atoms with van der Waals surface area (Å²) >= 11 is 0. The highest BCUT2D eigenvalue weighted by molar-refractivity contribution is 6.00. The van der Waals surface area contributed by atoms with Gasteiger partial charge in [-0.05, 0) is 60.7 Å². The van der Waals surface area contributed by atoms with Gasteiger partial charge in [0.2, 0.25) is 0 Å². The third-order valence-electron chi connectivity index (χ3n) is 4.78. The molecule has 2 N–H and O–H groups in total. The number of amides is 2. The van der Waals surface area contributed by atoms with Crippen LogP contribution < -0.4 is 20.1 Å². The zero-order valence-electron chi connectivity index (χ0n) is 18.5. The molecule has 0 unspecified atom stereocenters. The summed E-state index contributed by atoms with van der Waals surface area (Å²) in [6, 6.07) is 21.2. The molecule has 7 nitrogen and oxygen atoms in total. The molecule has 0 saturated carbocycles. The Morgan fingerprint density at radius 2 is 1.25 bits per heavy atom. The number of hydrogen-bond donors (Lipinski definition) is 2. The highest BCUT2D eigenvalue weighted by Gasteiger charge is 2.12. The van der Waals surface area contributed by atoms with E-state index in [1.165, 1.54) is 72.8 Å². The maximum atomic E-state index is 14.2. The molecule has 0 aliphatic carbocycles. The largest absolute Gasteiger partial charge is 0.454 e. The van der Waals surface area contributed by atoms with Crippen LogP contribution in [0.25, 0.3) is 4.85 Å². The Hall–Kier alpha value is -5.41. The Morgan fingerprint density at radius 3 is 1.69 bits per heavy atom. The summed E-state index contributed by atoms with van der Waals surface area (Å²) in [5.74, 6) is -0.892. The number of nitriles is 1. The lowest BCUT2D eigenvalue weighted by Gasteiger charge is -2.12. The van der Waals surface area contributed by atoms with E-state index in [0.29, 0.717) is 22.7 Å². The molecule has 4 rings (SSSR count). The number of carbonyl (C=O) groups excluding carboxylic acids is 1. The normalized spacial score (nSPS) is 10.0. The summed E-state index contributed by atoms with van der Waals surface area (Å²) in [6.45, 7) is 6.97. The Kier molecular flexibility index (Phi) is 7.04. The topological polar surface area (TPSA) is 87.7 Å². The predicted molar refractivity (Wildman–Crippen MR) is 129 cm³/mol. The van der Waals surface area contributed by atoms with Gasteiger partial charge in [0, 0.05) is 23.5 Å². The molecule has 2 amide bonds. The van der Waals surface area contributed by atoms with Gasteiger partial charge < -0.3 is 20.1 Å². The van der Waals surface area contributed by atoms with Crippen molar-refractivity contribution in [3.05, 3.63) is 114 Å². The zero-order chi connectivity index (χ0) is 25.5. The number of urea groups is 1. The second kappa shape index (κ2) is 10.7. The van der Waals surface area contributed by atoms with Crippen molar-refractivity contribution in [1.82, 2.24) is 0 Å². The van der Waals surface area contributed by atoms with Crippen molar-refractivity contribution in [2.24, 2.45) is 0 Å². The second-order valence-electron chi connectivity index (χ2n) is 7.32. The number of rotatable bonds is 6. The molecule has 0 aliphatic rings. The van der Waals surface area contributed by atoms with Gasteiger partial charge in [0.05, 0.1) is 18.2 Å². The smallest absolute Gasteiger partial charge is 0.323 e. The average molecular weight is 482 g/mol. The van der Waals surface area contributed by atoms with E-state index >= 15 is 0 Å². The van der Waals surface area contributed by atoms with E-state index < -0.39 is 17.7 Å². The van der Waals surface area contributed by atoms with Crippen molar-refractivity contribution >= 4 is 23.1 Å². The summed E-state index contributed by atoms with van der Waals surface area (Å²) in [5, 5.41) is 14.0. The van der Waals surface area contributed by atoms with E-state index in [0.717, 1.165) is 12.1 Å². The maximum Gasteiger partial charge on any atom is 0.323 e. The lowest BCUT2D eigenvalue weighted by molar-refractivity contribution is 0.262. The van der Waals surface area contributed by atoms with Crippen LogP contribution in [0, 0.1) is 29.5 Å². The molecule has 0 radical (unpaired) electrons. The first-order chi connectivity index (χ1) is 17.4. The van der Waals surface area contributed by atoms with Gasteiger partial charge >= 0.3 is 6.03 Å². The van der Waals surface area contributed by atoms with E-state index in [1.807, 2.05) is 6.07 Å². The lowest BCUT2D eigenvalue weighted by Crippen LogP contribution is -2.19. The highest BCUT2D eigenvalue weighted by Crippen LogP contribution is 2.30. The van der Waals surface area contributed by atoms with Crippen LogP contribution in [0.4, 0.5) is 30.6 Å². The molecule has 0 bridgehead atoms. The molecule has 176 valence electrons. The van der Waals surface area contributed by atoms with Gasteiger partial charge in [-0.25, -0.2) is 18.4 Å². The average Bonchev–Trinajstić information content (AvgIpc) is 2.89. The SMILES string of the molecule is [C-]#[N+]c1ccc(Oc2cc(NC(=O)Nc3ccc(F)c(Oc4ccc(C#N)cc4)c3)ccc2F)cc1. The Bertz CT molecular complexity index is 1380. The summed E-state index contributed by atoms with van der Waals surface area (Å²) < 4.78 is 39.5. The quantitative estimate of drug-likeness (QED) is 0.277. The second-order valence-corrected chi connectivity index (χ2v) is 7.32. The molecule has 36 heavy (non-hydrogen) atoms. The number of benzene rings is 4. The molecular formula is C27H16F2N4O3. The van der Waals surface area contributed by atoms with Crippen molar-refractivity contribution in [3.63, 3.8) is 0 Å². The maximum absolute atomic E-state index is 14.2. The van der Waals surface area contributed by atoms with Gasteiger partial charge in [-0.3, -0.25) is 0 Å². The zero-order valence-corrected chi connectivity index (χ0v) is 18.5. The van der Waals surface area contributed by atoms with E-state index in [4.69, 9.17) is 21.3 Å². The standard InChI is InChI=1S/C27H16F2N4O3/c1-31-18-4-10-22(11-5-18)36-26-15-20(7-13-24(26)29)33-27(34)32-19-6-12-23(28)25(14-19)35-21-8-2-17(16-30)3-9-21/h2-15H,(H2,32,33,34). The molecule has 0 aliphatic heterocycles. The molecule has 0 heterocycles. The van der Waals surface area contributed by atoms with E-state index in [1.54, 1.807) is 0 Å². The Labute approximate surface area is 205 Å². The van der Waals surface area contributed by atoms with E-state index in [2.05, 4.69) is 15.5 Å². The van der Waals surface area contributed by atoms with Crippen LogP contribution in [0.3, 0.4) is 0 Å². The van der Waals surface area contributed by atoms with Crippen LogP contribution in [-0.2, 0) is 0 Å². The minimum Gasteiger partial charge on any atom is -0.454 e. The number of hydrogen-bond acceptors (Lipinski definition) is 4. The minimum atomic E-state index is -0.662. The van der Waals surface area contributed by atoms with Crippen LogP contribution in [0.2, 0.25) is 0 Å². The summed E-state index contributed by atoms with van der Waals surface area (Å²) in [5.41, 5.74) is 1.34. The highest BCUT2D eigenvalue weighted by atomic mass is 19.1. The van der Waals surface area contributed by atoms with Crippen LogP contribution >= 0.6 is 0 Å². The number of nitrogens with one attached hydrogen (secondary N) is 2. The third kappa shape index (κ3) is 5.93. The predicted octanol–water partition coefficient (Wildman–Crippen LogP) is 7.62. The van der Waals surface area contributed by atoms with Gasteiger partial charge in [0.25, 0.3) is 0 Å². The number of anilines is 2. The Balaban J connectivity index is 1.43. The van der Waals surface area contributed by atoms with Crippen molar-refractivity contribution in [2.75, 3.05) is 10.6 Å². The first-order valence-corrected chi connectivity index (χ1v) is 10.4. The molecule has 0 saturated heterocycles. The fraction of sp³-hybridized carbons (Fsp3) is 0. The molecular weight excluding hydrogens is 466 g/mol. The Morgan fingerprint density at radius 1 is 0.778 bits per heavy atom. The minimum absolute atomic E-state index is 0.122. The fourth-order valence-corrected chi connectivity index (χ4v) is 3.05. The molecule has 9 heteroatoms. The molecule has 0 spiro atoms. The van der Waals surface area contributed by atoms with Crippen LogP contribution in [-0.4, -0.2) is 6.03 Å². The van der Waals surface area contributed by atoms with Gasteiger partial charge in [0.15, 0.2) is 28.8 Å². The number of ether oxygens (including phenoxy) is 2. The van der Waals surface area contributed by atoms with Crippen LogP contribution in [0.1, 0.15) is 5.56 Å². The number of halogens is 2. The third-order valence-corrected chi connectivity index (χ3v) is 4.78. The van der Waals surface area contributed by atoms with Crippen molar-refractivity contribution in [1.29, 1.82) is 5.26 Å². The molecule has 4 aromatic carbocycles. The fourth-order valence-electron chi connectivity index (χ4n) is 3.05. The number of nitrogens with zero attached hydrogens (tertiary/aromatic N) is 2. The first-order valence-electron chi connectivity index (χ1n) is 10.4. The van der Waals surface area contributed by atoms with Gasteiger partial charge in [-0.2, -0.15) is 5.26 Å². The van der Waals surface area contributed by atoms with Gasteiger partial charge in [-0.1, -0.05) is 12.1 Å². The molecule has 0 fully saturated rings. The van der Waals surface area contributed by atoms with Crippen molar-refractivity contribution in [3.8, 4) is 29.1 Å². The summed E-state index contributed by atoms with van der Waals surface area (Å²) in [6.07, 6.45) is 0. The van der Waals surface area contributed by atoms with Crippen LogP contribution in [0.5, 0.6) is 23.0 Å². The van der Waals surface area contributed by atoms with Crippen molar-refractivity contribution < 1.29 is 23.0 Å².